The molecule has 0 aliphatic heterocycles. The Balaban J connectivity index is 2.58. The molecule has 0 aromatic heterocycles. The maximum atomic E-state index is 6.43. The average molecular weight is 401 g/mol. The molecule has 0 saturated carbocycles. The molecule has 2 N–H and O–H groups in total. The number of nitrogens with two attached hydrogens (primary N) is 1. The molecule has 0 radical (unpaired) electrons. The van der Waals surface area contributed by atoms with Gasteiger partial charge in [0.15, 0.2) is 0 Å². The fourth-order valence-electron chi connectivity index (χ4n) is 2.09. The van der Waals surface area contributed by atoms with Crippen molar-refractivity contribution >= 4 is 31.9 Å². The molecular weight excluding hydrogens is 386 g/mol. The molecule has 0 saturated heterocycles. The zero-order valence-corrected chi connectivity index (χ0v) is 14.4. The minimum atomic E-state index is -0.354. The van der Waals surface area contributed by atoms with Gasteiger partial charge in [0.05, 0.1) is 25.8 Å². The first-order chi connectivity index (χ1) is 9.58. The van der Waals surface area contributed by atoms with Gasteiger partial charge in [0.1, 0.15) is 11.5 Å². The predicted molar refractivity (Wildman–Crippen MR) is 87.4 cm³/mol. The van der Waals surface area contributed by atoms with Crippen LogP contribution in [0.4, 0.5) is 0 Å². The summed E-state index contributed by atoms with van der Waals surface area (Å²) in [7, 11) is 3.25. The molecule has 1 atom stereocenters. The first kappa shape index (κ1) is 15.4. The van der Waals surface area contributed by atoms with Crippen molar-refractivity contribution in [1.29, 1.82) is 0 Å². The number of hydrogen-bond donors (Lipinski definition) is 1. The second kappa shape index (κ2) is 6.61. The zero-order chi connectivity index (χ0) is 14.7. The van der Waals surface area contributed by atoms with E-state index in [1.807, 2.05) is 36.4 Å². The largest absolute Gasteiger partial charge is 0.496 e. The van der Waals surface area contributed by atoms with Gasteiger partial charge in [-0.05, 0) is 35.9 Å². The Morgan fingerprint density at radius 3 is 2.15 bits per heavy atom. The van der Waals surface area contributed by atoms with Crippen molar-refractivity contribution in [3.05, 3.63) is 56.5 Å². The summed E-state index contributed by atoms with van der Waals surface area (Å²) >= 11 is 7.01. The zero-order valence-electron chi connectivity index (χ0n) is 11.2. The standard InChI is InChI=1S/C15H15Br2NO2/c1-19-12-4-3-5-13(20-2)14(12)15(18)10-8-9(16)6-7-11(10)17/h3-8,15H,18H2,1-2H3. The molecule has 0 bridgehead atoms. The third-order valence-electron chi connectivity index (χ3n) is 3.07. The lowest BCUT2D eigenvalue weighted by Gasteiger charge is -2.20. The monoisotopic (exact) mass is 399 g/mol. The van der Waals surface area contributed by atoms with Crippen molar-refractivity contribution in [3.8, 4) is 11.5 Å². The van der Waals surface area contributed by atoms with Crippen LogP contribution >= 0.6 is 31.9 Å². The summed E-state index contributed by atoms with van der Waals surface area (Å²) in [6.07, 6.45) is 0. The quantitative estimate of drug-likeness (QED) is 0.832. The van der Waals surface area contributed by atoms with Crippen molar-refractivity contribution in [2.24, 2.45) is 5.73 Å². The van der Waals surface area contributed by atoms with E-state index in [0.717, 1.165) is 20.1 Å². The third-order valence-corrected chi connectivity index (χ3v) is 4.29. The fourth-order valence-corrected chi connectivity index (χ4v) is 2.97. The number of rotatable bonds is 4. The van der Waals surface area contributed by atoms with Crippen LogP contribution < -0.4 is 15.2 Å². The van der Waals surface area contributed by atoms with Gasteiger partial charge in [0.2, 0.25) is 0 Å². The highest BCUT2D eigenvalue weighted by Crippen LogP contribution is 2.38. The topological polar surface area (TPSA) is 44.5 Å². The van der Waals surface area contributed by atoms with Gasteiger partial charge in [-0.15, -0.1) is 0 Å². The van der Waals surface area contributed by atoms with Crippen LogP contribution in [0.2, 0.25) is 0 Å². The lowest BCUT2D eigenvalue weighted by atomic mass is 9.98. The highest BCUT2D eigenvalue weighted by atomic mass is 79.9. The second-order valence-electron chi connectivity index (χ2n) is 4.22. The first-order valence-electron chi connectivity index (χ1n) is 6.00. The summed E-state index contributed by atoms with van der Waals surface area (Å²) in [5.41, 5.74) is 8.22. The van der Waals surface area contributed by atoms with Crippen LogP contribution in [0, 0.1) is 0 Å². The van der Waals surface area contributed by atoms with E-state index in [4.69, 9.17) is 15.2 Å². The van der Waals surface area contributed by atoms with E-state index in [1.54, 1.807) is 14.2 Å². The minimum Gasteiger partial charge on any atom is -0.496 e. The van der Waals surface area contributed by atoms with Gasteiger partial charge in [0, 0.05) is 8.95 Å². The number of benzene rings is 2. The van der Waals surface area contributed by atoms with Crippen molar-refractivity contribution in [3.63, 3.8) is 0 Å². The molecule has 2 aromatic rings. The van der Waals surface area contributed by atoms with Crippen LogP contribution in [0.5, 0.6) is 11.5 Å². The molecule has 0 spiro atoms. The highest BCUT2D eigenvalue weighted by molar-refractivity contribution is 9.11. The van der Waals surface area contributed by atoms with Crippen molar-refractivity contribution in [2.45, 2.75) is 6.04 Å². The van der Waals surface area contributed by atoms with Gasteiger partial charge in [-0.25, -0.2) is 0 Å². The van der Waals surface area contributed by atoms with E-state index in [2.05, 4.69) is 31.9 Å². The minimum absolute atomic E-state index is 0.354. The number of halogens is 2. The van der Waals surface area contributed by atoms with Crippen LogP contribution in [0.25, 0.3) is 0 Å². The van der Waals surface area contributed by atoms with Crippen LogP contribution in [0.15, 0.2) is 45.3 Å². The van der Waals surface area contributed by atoms with Gasteiger partial charge in [-0.1, -0.05) is 37.9 Å². The highest BCUT2D eigenvalue weighted by Gasteiger charge is 2.21. The molecule has 0 fully saturated rings. The van der Waals surface area contributed by atoms with Crippen LogP contribution in [-0.2, 0) is 0 Å². The normalized spacial score (nSPS) is 12.1. The molecule has 0 aliphatic carbocycles. The molecule has 0 amide bonds. The molecule has 5 heteroatoms. The van der Waals surface area contributed by atoms with E-state index in [-0.39, 0.29) is 6.04 Å². The Morgan fingerprint density at radius 2 is 1.60 bits per heavy atom. The number of hydrogen-bond acceptors (Lipinski definition) is 3. The van der Waals surface area contributed by atoms with Crippen molar-refractivity contribution in [1.82, 2.24) is 0 Å². The summed E-state index contributed by atoms with van der Waals surface area (Å²) in [5.74, 6) is 1.42. The predicted octanol–water partition coefficient (Wildman–Crippen LogP) is 4.28. The summed E-state index contributed by atoms with van der Waals surface area (Å²) in [4.78, 5) is 0. The molecule has 2 aromatic carbocycles. The molecule has 2 rings (SSSR count). The van der Waals surface area contributed by atoms with Gasteiger partial charge in [-0.3, -0.25) is 0 Å². The van der Waals surface area contributed by atoms with E-state index in [1.165, 1.54) is 0 Å². The lowest BCUT2D eigenvalue weighted by Crippen LogP contribution is -2.15. The maximum absolute atomic E-state index is 6.43. The van der Waals surface area contributed by atoms with E-state index < -0.39 is 0 Å². The Morgan fingerprint density at radius 1 is 1.00 bits per heavy atom. The average Bonchev–Trinajstić information content (AvgIpc) is 2.48. The van der Waals surface area contributed by atoms with Crippen LogP contribution in [0.3, 0.4) is 0 Å². The number of methoxy groups -OCH3 is 2. The lowest BCUT2D eigenvalue weighted by molar-refractivity contribution is 0.382. The molecule has 0 heterocycles. The Bertz CT molecular complexity index is 595. The molecule has 1 unspecified atom stereocenters. The Hall–Kier alpha value is -1.04. The van der Waals surface area contributed by atoms with Crippen molar-refractivity contribution in [2.75, 3.05) is 14.2 Å². The first-order valence-corrected chi connectivity index (χ1v) is 7.58. The maximum Gasteiger partial charge on any atom is 0.127 e. The molecule has 20 heavy (non-hydrogen) atoms. The van der Waals surface area contributed by atoms with Gasteiger partial charge >= 0.3 is 0 Å². The van der Waals surface area contributed by atoms with E-state index in [0.29, 0.717) is 11.5 Å². The molecule has 0 aliphatic rings. The molecule has 106 valence electrons. The smallest absolute Gasteiger partial charge is 0.127 e. The van der Waals surface area contributed by atoms with E-state index in [9.17, 15) is 0 Å². The van der Waals surface area contributed by atoms with Crippen LogP contribution in [-0.4, -0.2) is 14.2 Å². The van der Waals surface area contributed by atoms with Gasteiger partial charge in [-0.2, -0.15) is 0 Å². The Kier molecular flexibility index (Phi) is 5.07. The van der Waals surface area contributed by atoms with Gasteiger partial charge in [0.25, 0.3) is 0 Å². The number of ether oxygens (including phenoxy) is 2. The fraction of sp³-hybridized carbons (Fsp3) is 0.200. The molecular formula is C15H15Br2NO2. The third kappa shape index (κ3) is 3.00. The summed E-state index contributed by atoms with van der Waals surface area (Å²) in [5, 5.41) is 0. The molecule has 3 nitrogen and oxygen atoms in total. The van der Waals surface area contributed by atoms with Crippen LogP contribution in [0.1, 0.15) is 17.2 Å². The van der Waals surface area contributed by atoms with Crippen molar-refractivity contribution < 1.29 is 9.47 Å². The SMILES string of the molecule is COc1cccc(OC)c1C(N)c1cc(Br)ccc1Br. The second-order valence-corrected chi connectivity index (χ2v) is 5.99. The summed E-state index contributed by atoms with van der Waals surface area (Å²) in [6, 6.07) is 11.2. The Labute approximate surface area is 135 Å². The van der Waals surface area contributed by atoms with Gasteiger partial charge < -0.3 is 15.2 Å². The summed E-state index contributed by atoms with van der Waals surface area (Å²) < 4.78 is 12.7. The summed E-state index contributed by atoms with van der Waals surface area (Å²) in [6.45, 7) is 0. The van der Waals surface area contributed by atoms with E-state index >= 15 is 0 Å².